The first kappa shape index (κ1) is 14.1. The van der Waals surface area contributed by atoms with E-state index in [4.69, 9.17) is 9.47 Å². The minimum atomic E-state index is -3.60. The van der Waals surface area contributed by atoms with E-state index in [1.165, 1.54) is 19.3 Å². The molecule has 0 bridgehead atoms. The Hall–Kier alpha value is -1.47. The van der Waals surface area contributed by atoms with Crippen LogP contribution in [0.4, 0.5) is 5.69 Å². The fourth-order valence-electron chi connectivity index (χ4n) is 3.58. The lowest BCUT2D eigenvalue weighted by atomic mass is 9.87. The molecule has 0 radical (unpaired) electrons. The standard InChI is InChI=1S/C15H20N2O4S/c18-22(19)14-11(6-7-12-13(14)21-9-8-20-12)16-15(17-22)10-4-2-1-3-5-10/h6-7,10,15-17H,1-5,8-9H2. The minimum absolute atomic E-state index is 0.178. The first-order valence-corrected chi connectivity index (χ1v) is 9.35. The smallest absolute Gasteiger partial charge is 0.248 e. The molecule has 4 rings (SSSR count). The fraction of sp³-hybridized carbons (Fsp3) is 0.600. The molecule has 2 N–H and O–H groups in total. The molecule has 1 atom stereocenters. The molecule has 7 heteroatoms. The lowest BCUT2D eigenvalue weighted by Crippen LogP contribution is -2.49. The number of ether oxygens (including phenoxy) is 2. The highest BCUT2D eigenvalue weighted by atomic mass is 32.2. The Morgan fingerprint density at radius 3 is 2.64 bits per heavy atom. The lowest BCUT2D eigenvalue weighted by molar-refractivity contribution is 0.166. The second kappa shape index (κ2) is 5.31. The third kappa shape index (κ3) is 2.32. The van der Waals surface area contributed by atoms with Crippen molar-refractivity contribution in [3.05, 3.63) is 12.1 Å². The molecule has 1 aromatic rings. The lowest BCUT2D eigenvalue weighted by Gasteiger charge is -2.36. The number of fused-ring (bicyclic) bond motifs is 3. The number of anilines is 1. The highest BCUT2D eigenvalue weighted by molar-refractivity contribution is 7.89. The Balaban J connectivity index is 1.72. The van der Waals surface area contributed by atoms with E-state index in [2.05, 4.69) is 10.0 Å². The van der Waals surface area contributed by atoms with Crippen LogP contribution in [-0.4, -0.2) is 27.8 Å². The molecular weight excluding hydrogens is 304 g/mol. The minimum Gasteiger partial charge on any atom is -0.486 e. The van der Waals surface area contributed by atoms with Gasteiger partial charge in [0.1, 0.15) is 13.2 Å². The summed E-state index contributed by atoms with van der Waals surface area (Å²) in [6.07, 6.45) is 5.45. The SMILES string of the molecule is O=S1(=O)NC(C2CCCCC2)Nc2ccc3c(c21)OCCO3. The zero-order valence-electron chi connectivity index (χ0n) is 12.3. The summed E-state index contributed by atoms with van der Waals surface area (Å²) in [5, 5.41) is 3.35. The zero-order chi connectivity index (χ0) is 15.2. The van der Waals surface area contributed by atoms with Gasteiger partial charge in [0.05, 0.1) is 11.9 Å². The number of rotatable bonds is 1. The highest BCUT2D eigenvalue weighted by Crippen LogP contribution is 2.44. The largest absolute Gasteiger partial charge is 0.486 e. The van der Waals surface area contributed by atoms with Crippen molar-refractivity contribution in [2.75, 3.05) is 18.5 Å². The second-order valence-electron chi connectivity index (χ2n) is 6.11. The van der Waals surface area contributed by atoms with E-state index >= 15 is 0 Å². The predicted octanol–water partition coefficient (Wildman–Crippen LogP) is 2.07. The van der Waals surface area contributed by atoms with Crippen molar-refractivity contribution in [2.24, 2.45) is 5.92 Å². The Labute approximate surface area is 130 Å². The molecule has 1 aliphatic carbocycles. The van der Waals surface area contributed by atoms with Gasteiger partial charge < -0.3 is 14.8 Å². The molecule has 6 nitrogen and oxygen atoms in total. The molecule has 0 amide bonds. The van der Waals surface area contributed by atoms with E-state index in [1.807, 2.05) is 0 Å². The van der Waals surface area contributed by atoms with Crippen LogP contribution in [0.1, 0.15) is 32.1 Å². The van der Waals surface area contributed by atoms with Crippen molar-refractivity contribution in [3.8, 4) is 11.5 Å². The van der Waals surface area contributed by atoms with Gasteiger partial charge >= 0.3 is 0 Å². The van der Waals surface area contributed by atoms with Crippen LogP contribution in [0.2, 0.25) is 0 Å². The first-order chi connectivity index (χ1) is 10.6. The van der Waals surface area contributed by atoms with Crippen LogP contribution < -0.4 is 19.5 Å². The van der Waals surface area contributed by atoms with Gasteiger partial charge in [0.25, 0.3) is 0 Å². The molecule has 1 unspecified atom stereocenters. The molecule has 1 aromatic carbocycles. The van der Waals surface area contributed by atoms with Gasteiger partial charge in [-0.3, -0.25) is 0 Å². The average molecular weight is 324 g/mol. The summed E-state index contributed by atoms with van der Waals surface area (Å²) in [5.41, 5.74) is 0.610. The summed E-state index contributed by atoms with van der Waals surface area (Å²) in [5.74, 6) is 1.16. The maximum Gasteiger partial charge on any atom is 0.248 e. The van der Waals surface area contributed by atoms with Crippen LogP contribution >= 0.6 is 0 Å². The quantitative estimate of drug-likeness (QED) is 0.827. The maximum atomic E-state index is 12.7. The van der Waals surface area contributed by atoms with E-state index in [-0.39, 0.29) is 11.1 Å². The first-order valence-electron chi connectivity index (χ1n) is 7.87. The van der Waals surface area contributed by atoms with Gasteiger partial charge in [-0.25, -0.2) is 8.42 Å². The molecule has 2 heterocycles. The molecule has 3 aliphatic rings. The summed E-state index contributed by atoms with van der Waals surface area (Å²) in [7, 11) is -3.60. The monoisotopic (exact) mass is 324 g/mol. The van der Waals surface area contributed by atoms with Crippen LogP contribution in [0.25, 0.3) is 0 Å². The fourth-order valence-corrected chi connectivity index (χ4v) is 5.10. The van der Waals surface area contributed by atoms with E-state index in [9.17, 15) is 8.42 Å². The van der Waals surface area contributed by atoms with Gasteiger partial charge in [-0.15, -0.1) is 0 Å². The van der Waals surface area contributed by atoms with E-state index < -0.39 is 10.0 Å². The van der Waals surface area contributed by atoms with E-state index in [0.29, 0.717) is 36.3 Å². The molecule has 1 saturated carbocycles. The zero-order valence-corrected chi connectivity index (χ0v) is 13.1. The maximum absolute atomic E-state index is 12.7. The number of nitrogens with one attached hydrogen (secondary N) is 2. The number of hydrogen-bond donors (Lipinski definition) is 2. The van der Waals surface area contributed by atoms with Crippen LogP contribution in [0, 0.1) is 5.92 Å². The molecule has 22 heavy (non-hydrogen) atoms. The molecule has 0 spiro atoms. The van der Waals surface area contributed by atoms with Crippen molar-refractivity contribution in [2.45, 2.75) is 43.2 Å². The van der Waals surface area contributed by atoms with Crippen LogP contribution in [0.15, 0.2) is 17.0 Å². The summed E-state index contributed by atoms with van der Waals surface area (Å²) < 4.78 is 39.3. The topological polar surface area (TPSA) is 76.7 Å². The van der Waals surface area contributed by atoms with Gasteiger partial charge in [0, 0.05) is 0 Å². The predicted molar refractivity (Wildman–Crippen MR) is 81.7 cm³/mol. The number of hydrogen-bond acceptors (Lipinski definition) is 5. The number of benzene rings is 1. The Morgan fingerprint density at radius 1 is 1.05 bits per heavy atom. The molecule has 2 aliphatic heterocycles. The summed E-state index contributed by atoms with van der Waals surface area (Å²) >= 11 is 0. The summed E-state index contributed by atoms with van der Waals surface area (Å²) in [6, 6.07) is 3.55. The Bertz CT molecular complexity index is 683. The molecular formula is C15H20N2O4S. The van der Waals surface area contributed by atoms with Gasteiger partial charge in [-0.1, -0.05) is 19.3 Å². The van der Waals surface area contributed by atoms with Crippen molar-refractivity contribution < 1.29 is 17.9 Å². The van der Waals surface area contributed by atoms with Crippen molar-refractivity contribution in [3.63, 3.8) is 0 Å². The van der Waals surface area contributed by atoms with Gasteiger partial charge in [0.2, 0.25) is 10.0 Å². The third-order valence-electron chi connectivity index (χ3n) is 4.65. The van der Waals surface area contributed by atoms with Gasteiger partial charge in [-0.05, 0) is 30.9 Å². The second-order valence-corrected chi connectivity index (χ2v) is 7.76. The normalized spacial score (nSPS) is 26.8. The van der Waals surface area contributed by atoms with Crippen molar-refractivity contribution in [1.29, 1.82) is 0 Å². The molecule has 0 aromatic heterocycles. The van der Waals surface area contributed by atoms with E-state index in [0.717, 1.165) is 12.8 Å². The number of sulfonamides is 1. The van der Waals surface area contributed by atoms with Crippen LogP contribution in [0.5, 0.6) is 11.5 Å². The highest BCUT2D eigenvalue weighted by Gasteiger charge is 2.38. The Morgan fingerprint density at radius 2 is 1.82 bits per heavy atom. The average Bonchev–Trinajstić information content (AvgIpc) is 2.54. The third-order valence-corrected chi connectivity index (χ3v) is 6.15. The van der Waals surface area contributed by atoms with Gasteiger partial charge in [0.15, 0.2) is 16.4 Å². The van der Waals surface area contributed by atoms with Crippen molar-refractivity contribution in [1.82, 2.24) is 4.72 Å². The van der Waals surface area contributed by atoms with Crippen molar-refractivity contribution >= 4 is 15.7 Å². The molecule has 120 valence electrons. The van der Waals surface area contributed by atoms with E-state index in [1.54, 1.807) is 12.1 Å². The summed E-state index contributed by atoms with van der Waals surface area (Å²) in [4.78, 5) is 0.178. The van der Waals surface area contributed by atoms with Crippen LogP contribution in [0.3, 0.4) is 0 Å². The Kier molecular flexibility index (Phi) is 3.41. The van der Waals surface area contributed by atoms with Crippen LogP contribution in [-0.2, 0) is 10.0 Å². The molecule has 1 fully saturated rings. The van der Waals surface area contributed by atoms with Gasteiger partial charge in [-0.2, -0.15) is 4.72 Å². The molecule has 0 saturated heterocycles. The summed E-state index contributed by atoms with van der Waals surface area (Å²) in [6.45, 7) is 0.808.